The van der Waals surface area contributed by atoms with Gasteiger partial charge in [-0.05, 0) is 74.7 Å². The summed E-state index contributed by atoms with van der Waals surface area (Å²) in [6, 6.07) is 34.1. The highest BCUT2D eigenvalue weighted by atomic mass is 31.2. The Bertz CT molecular complexity index is 2410. The highest BCUT2D eigenvalue weighted by Crippen LogP contribution is 2.51. The van der Waals surface area contributed by atoms with E-state index in [0.717, 1.165) is 16.7 Å². The summed E-state index contributed by atoms with van der Waals surface area (Å²) in [5.41, 5.74) is -0.192. The van der Waals surface area contributed by atoms with Crippen LogP contribution in [0.3, 0.4) is 0 Å². The van der Waals surface area contributed by atoms with Crippen molar-refractivity contribution < 1.29 is 42.4 Å². The van der Waals surface area contributed by atoms with Crippen molar-refractivity contribution in [2.24, 2.45) is 0 Å². The van der Waals surface area contributed by atoms with Crippen molar-refractivity contribution in [1.82, 2.24) is 14.2 Å². The molecular weight excluding hydrogens is 858 g/mol. The standard InChI is InChI=1S/C47H54N5O12P/c1-32(2)51(33(3)4)65(62-28-12-26-48)64-43-41(63-45(50-27-25-42(53)49-46(50)54)44(43)60-31-59-29-34-13-10-11-16-40(34)52(55)56)30-61-47(35-14-8-7-9-15-35,36-17-21-38(57-5)22-18-36)37-19-23-39(58-6)24-20-37/h7-11,13-25,27,32-33,41,43-45H,12,28-31H2,1-6H3,(H,49,53,54)/t41-,43-,44-,45-,65?/m1/s1. The molecule has 0 bridgehead atoms. The zero-order valence-electron chi connectivity index (χ0n) is 37.1. The third-order valence-electron chi connectivity index (χ3n) is 10.7. The Morgan fingerprint density at radius 1 is 0.862 bits per heavy atom. The number of nitrogens with zero attached hydrogens (tertiary/aromatic N) is 4. The SMILES string of the molecule is COc1ccc(C(OC[C@H]2O[C@@H](n3ccc(=O)[nH]c3=O)[C@H](OCOCc3ccccc3[N+](=O)[O-])[C@@H]2OP(OCCC#N)N(C(C)C)C(C)C)(c2ccccc2)c2ccc(OC)cc2)cc1. The summed E-state index contributed by atoms with van der Waals surface area (Å²) in [5.74, 6) is 1.28. The minimum atomic E-state index is -1.95. The molecule has 0 spiro atoms. The van der Waals surface area contributed by atoms with Gasteiger partial charge in [-0.1, -0.05) is 66.7 Å². The van der Waals surface area contributed by atoms with E-state index in [1.807, 2.05) is 107 Å². The first-order valence-corrected chi connectivity index (χ1v) is 22.2. The largest absolute Gasteiger partial charge is 0.497 e. The molecular formula is C47H54N5O12P. The molecule has 5 atom stereocenters. The van der Waals surface area contributed by atoms with Crippen LogP contribution in [0.5, 0.6) is 11.5 Å². The van der Waals surface area contributed by atoms with Crippen LogP contribution in [0, 0.1) is 21.4 Å². The lowest BCUT2D eigenvalue weighted by Gasteiger charge is -2.39. The average molecular weight is 912 g/mol. The molecule has 2 heterocycles. The van der Waals surface area contributed by atoms with Crippen LogP contribution in [-0.2, 0) is 40.2 Å². The number of nitro benzene ring substituents is 1. The van der Waals surface area contributed by atoms with Gasteiger partial charge >= 0.3 is 5.69 Å². The number of aromatic amines is 1. The van der Waals surface area contributed by atoms with Gasteiger partial charge in [-0.3, -0.25) is 24.5 Å². The highest BCUT2D eigenvalue weighted by molar-refractivity contribution is 7.44. The van der Waals surface area contributed by atoms with Gasteiger partial charge in [0.05, 0.1) is 57.0 Å². The Kier molecular flexibility index (Phi) is 17.1. The van der Waals surface area contributed by atoms with Crippen LogP contribution in [0.15, 0.2) is 125 Å². The Hall–Kier alpha value is -5.80. The second-order valence-electron chi connectivity index (χ2n) is 15.5. The smallest absolute Gasteiger partial charge is 0.330 e. The number of benzene rings is 4. The summed E-state index contributed by atoms with van der Waals surface area (Å²) < 4.78 is 54.3. The monoisotopic (exact) mass is 911 g/mol. The maximum atomic E-state index is 13.6. The molecule has 17 nitrogen and oxygen atoms in total. The Balaban J connectivity index is 1.47. The number of rotatable bonds is 23. The van der Waals surface area contributed by atoms with Gasteiger partial charge in [0.15, 0.2) is 6.23 Å². The van der Waals surface area contributed by atoms with E-state index in [9.17, 15) is 25.0 Å². The summed E-state index contributed by atoms with van der Waals surface area (Å²) in [7, 11) is 1.23. The fourth-order valence-corrected chi connectivity index (χ4v) is 9.54. The number of para-hydroxylation sites is 1. The molecule has 4 aromatic carbocycles. The van der Waals surface area contributed by atoms with Crippen LogP contribution >= 0.6 is 8.53 Å². The Labute approximate surface area is 378 Å². The number of hydrogen-bond donors (Lipinski definition) is 1. The normalized spacial score (nSPS) is 17.9. The summed E-state index contributed by atoms with van der Waals surface area (Å²) in [6.07, 6.45) is -3.05. The van der Waals surface area contributed by atoms with Crippen LogP contribution in [-0.4, -0.2) is 83.8 Å². The molecule has 0 saturated carbocycles. The minimum absolute atomic E-state index is 0.0618. The first kappa shape index (κ1) is 48.7. The second-order valence-corrected chi connectivity index (χ2v) is 16.9. The van der Waals surface area contributed by atoms with Crippen molar-refractivity contribution in [1.29, 1.82) is 5.26 Å². The maximum Gasteiger partial charge on any atom is 0.330 e. The first-order chi connectivity index (χ1) is 31.4. The van der Waals surface area contributed by atoms with Crippen molar-refractivity contribution in [3.8, 4) is 17.6 Å². The molecule has 65 heavy (non-hydrogen) atoms. The van der Waals surface area contributed by atoms with Gasteiger partial charge in [-0.15, -0.1) is 0 Å². The van der Waals surface area contributed by atoms with Gasteiger partial charge < -0.3 is 37.5 Å². The van der Waals surface area contributed by atoms with Crippen molar-refractivity contribution >= 4 is 14.2 Å². The number of methoxy groups -OCH3 is 2. The molecule has 0 aliphatic carbocycles. The summed E-state index contributed by atoms with van der Waals surface area (Å²) >= 11 is 0. The topological polar surface area (TPSA) is 199 Å². The van der Waals surface area contributed by atoms with Gasteiger partial charge in [0.1, 0.15) is 42.2 Å². The Morgan fingerprint density at radius 2 is 1.46 bits per heavy atom. The summed E-state index contributed by atoms with van der Waals surface area (Å²) in [6.45, 7) is 7.31. The van der Waals surface area contributed by atoms with E-state index in [1.165, 1.54) is 22.9 Å². The predicted molar refractivity (Wildman–Crippen MR) is 241 cm³/mol. The third kappa shape index (κ3) is 11.5. The molecule has 1 fully saturated rings. The lowest BCUT2D eigenvalue weighted by atomic mass is 9.80. The number of aromatic nitrogens is 2. The number of nitriles is 1. The summed E-state index contributed by atoms with van der Waals surface area (Å²) in [4.78, 5) is 39.5. The molecule has 0 amide bonds. The van der Waals surface area contributed by atoms with Crippen LogP contribution < -0.4 is 20.7 Å². The number of nitro groups is 1. The molecule has 1 saturated heterocycles. The molecule has 344 valence electrons. The minimum Gasteiger partial charge on any atom is -0.497 e. The van der Waals surface area contributed by atoms with Crippen LogP contribution in [0.1, 0.15) is 62.6 Å². The molecule has 1 aliphatic heterocycles. The van der Waals surface area contributed by atoms with Gasteiger partial charge in [0.2, 0.25) is 0 Å². The van der Waals surface area contributed by atoms with E-state index in [1.54, 1.807) is 32.4 Å². The third-order valence-corrected chi connectivity index (χ3v) is 12.8. The lowest BCUT2D eigenvalue weighted by molar-refractivity contribution is -0.386. The van der Waals surface area contributed by atoms with Crippen molar-refractivity contribution in [2.45, 2.75) is 82.9 Å². The van der Waals surface area contributed by atoms with E-state index < -0.39 is 61.6 Å². The molecule has 0 radical (unpaired) electrons. The quantitative estimate of drug-likeness (QED) is 0.0168. The Morgan fingerprint density at radius 3 is 2.03 bits per heavy atom. The fourth-order valence-electron chi connectivity index (χ4n) is 7.77. The van der Waals surface area contributed by atoms with Gasteiger partial charge in [-0.25, -0.2) is 9.46 Å². The first-order valence-electron chi connectivity index (χ1n) is 21.0. The molecule has 1 aromatic heterocycles. The van der Waals surface area contributed by atoms with E-state index in [0.29, 0.717) is 17.1 Å². The van der Waals surface area contributed by atoms with E-state index in [4.69, 9.17) is 37.5 Å². The van der Waals surface area contributed by atoms with Crippen LogP contribution in [0.25, 0.3) is 0 Å². The lowest BCUT2D eigenvalue weighted by Crippen LogP contribution is -2.43. The number of nitrogens with one attached hydrogen (secondary N) is 1. The van der Waals surface area contributed by atoms with Gasteiger partial charge in [0, 0.05) is 30.4 Å². The molecule has 1 unspecified atom stereocenters. The van der Waals surface area contributed by atoms with E-state index >= 15 is 0 Å². The van der Waals surface area contributed by atoms with Crippen LogP contribution in [0.2, 0.25) is 0 Å². The molecule has 1 aliphatic rings. The van der Waals surface area contributed by atoms with Gasteiger partial charge in [0.25, 0.3) is 19.8 Å². The van der Waals surface area contributed by atoms with E-state index in [-0.39, 0.29) is 44.0 Å². The molecule has 1 N–H and O–H groups in total. The average Bonchev–Trinajstić information content (AvgIpc) is 3.64. The number of hydrogen-bond acceptors (Lipinski definition) is 14. The number of H-pyrrole nitrogens is 1. The predicted octanol–water partition coefficient (Wildman–Crippen LogP) is 7.59. The molecule has 5 aromatic rings. The van der Waals surface area contributed by atoms with Crippen molar-refractivity contribution in [3.05, 3.63) is 169 Å². The fraction of sp³-hybridized carbons (Fsp3) is 0.383. The van der Waals surface area contributed by atoms with E-state index in [2.05, 4.69) is 15.7 Å². The van der Waals surface area contributed by atoms with Crippen LogP contribution in [0.4, 0.5) is 5.69 Å². The second kappa shape index (κ2) is 22.9. The zero-order chi connectivity index (χ0) is 46.5. The van der Waals surface area contributed by atoms with Crippen molar-refractivity contribution in [3.63, 3.8) is 0 Å². The molecule has 6 rings (SSSR count). The number of ether oxygens (including phenoxy) is 6. The molecule has 18 heteroatoms. The zero-order valence-corrected chi connectivity index (χ0v) is 38.0. The van der Waals surface area contributed by atoms with Crippen molar-refractivity contribution in [2.75, 3.05) is 34.2 Å². The maximum absolute atomic E-state index is 13.6. The van der Waals surface area contributed by atoms with Gasteiger partial charge in [-0.2, -0.15) is 5.26 Å². The highest BCUT2D eigenvalue weighted by Gasteiger charge is 2.51. The summed E-state index contributed by atoms with van der Waals surface area (Å²) in [5, 5.41) is 21.3.